The lowest BCUT2D eigenvalue weighted by Crippen LogP contribution is -2.29. The van der Waals surface area contributed by atoms with Gasteiger partial charge in [0.05, 0.1) is 18.2 Å². The number of aliphatic hydroxyl groups is 1. The summed E-state index contributed by atoms with van der Waals surface area (Å²) in [5.74, 6) is -1.43. The molecule has 4 aromatic rings. The fourth-order valence-corrected chi connectivity index (χ4v) is 5.01. The number of Topliss-reactive ketones (excluding diaryl/α,β-unsaturated/α-hetero) is 1. The molecule has 1 atom stereocenters. The lowest BCUT2D eigenvalue weighted by molar-refractivity contribution is -0.140. The average molecular weight is 499 g/mol. The second-order valence-electron chi connectivity index (χ2n) is 9.18. The normalized spacial score (nSPS) is 17.1. The molecule has 5 rings (SSSR count). The number of aliphatic hydroxyl groups excluding tert-OH is 1. The molecular formula is C30H27FN2O4. The number of nitrogens with zero attached hydrogens (tertiary/aromatic N) is 2. The number of fused-ring (bicyclic) bond motifs is 1. The third kappa shape index (κ3) is 4.27. The quantitative estimate of drug-likeness (QED) is 0.212. The predicted octanol–water partition coefficient (Wildman–Crippen LogP) is 5.65. The van der Waals surface area contributed by atoms with E-state index in [2.05, 4.69) is 0 Å². The molecule has 0 aliphatic carbocycles. The van der Waals surface area contributed by atoms with Gasteiger partial charge in [0, 0.05) is 41.8 Å². The van der Waals surface area contributed by atoms with E-state index in [-0.39, 0.29) is 23.7 Å². The molecule has 7 heteroatoms. The SMILES string of the molecule is CCOc1ccc(/C(O)=C2\C(=O)C(=O)N(Cc3ccc(F)cc3)C2c2cn(C)c3ccccc23)cc1C. The average Bonchev–Trinajstić information content (AvgIpc) is 3.35. The molecule has 37 heavy (non-hydrogen) atoms. The van der Waals surface area contributed by atoms with Gasteiger partial charge in [-0.05, 0) is 61.4 Å². The number of carbonyl (C=O) groups is 2. The highest BCUT2D eigenvalue weighted by Gasteiger charge is 2.47. The minimum absolute atomic E-state index is 0.0204. The molecule has 188 valence electrons. The van der Waals surface area contributed by atoms with Crippen molar-refractivity contribution in [1.82, 2.24) is 9.47 Å². The van der Waals surface area contributed by atoms with Gasteiger partial charge in [0.15, 0.2) is 0 Å². The first-order valence-corrected chi connectivity index (χ1v) is 12.1. The van der Waals surface area contributed by atoms with E-state index >= 15 is 0 Å². The molecule has 1 aliphatic heterocycles. The Kier molecular flexibility index (Phi) is 6.29. The van der Waals surface area contributed by atoms with Crippen LogP contribution in [0.2, 0.25) is 0 Å². The van der Waals surface area contributed by atoms with Gasteiger partial charge in [-0.25, -0.2) is 4.39 Å². The standard InChI is InChI=1S/C30H27FN2O4/c1-4-37-25-14-11-20(15-18(25)2)28(34)26-27(23-17-32(3)24-8-6-5-7-22(23)24)33(30(36)29(26)35)16-19-9-12-21(31)13-10-19/h5-15,17,27,34H,4,16H2,1-3H3/b28-26+. The van der Waals surface area contributed by atoms with Gasteiger partial charge in [-0.15, -0.1) is 0 Å². The van der Waals surface area contributed by atoms with Crippen LogP contribution in [0, 0.1) is 12.7 Å². The maximum atomic E-state index is 13.5. The van der Waals surface area contributed by atoms with Crippen molar-refractivity contribution in [3.8, 4) is 5.75 Å². The Morgan fingerprint density at radius 1 is 1.05 bits per heavy atom. The highest BCUT2D eigenvalue weighted by atomic mass is 19.1. The van der Waals surface area contributed by atoms with E-state index in [1.54, 1.807) is 30.3 Å². The zero-order valence-electron chi connectivity index (χ0n) is 20.9. The number of likely N-dealkylation sites (tertiary alicyclic amines) is 1. The van der Waals surface area contributed by atoms with Crippen LogP contribution in [0.3, 0.4) is 0 Å². The molecule has 0 saturated carbocycles. The smallest absolute Gasteiger partial charge is 0.295 e. The molecule has 0 radical (unpaired) electrons. The first-order chi connectivity index (χ1) is 17.8. The van der Waals surface area contributed by atoms with Gasteiger partial charge in [-0.2, -0.15) is 0 Å². The summed E-state index contributed by atoms with van der Waals surface area (Å²) in [5, 5.41) is 12.3. The topological polar surface area (TPSA) is 71.8 Å². The third-order valence-electron chi connectivity index (χ3n) is 6.78. The third-order valence-corrected chi connectivity index (χ3v) is 6.78. The van der Waals surface area contributed by atoms with Crippen molar-refractivity contribution >= 4 is 28.4 Å². The molecule has 1 unspecified atom stereocenters. The summed E-state index contributed by atoms with van der Waals surface area (Å²) in [7, 11) is 1.90. The van der Waals surface area contributed by atoms with Crippen molar-refractivity contribution in [3.05, 3.63) is 107 Å². The van der Waals surface area contributed by atoms with E-state index in [0.717, 1.165) is 22.0 Å². The Balaban J connectivity index is 1.70. The van der Waals surface area contributed by atoms with Crippen LogP contribution >= 0.6 is 0 Å². The van der Waals surface area contributed by atoms with Crippen LogP contribution in [0.1, 0.15) is 35.2 Å². The van der Waals surface area contributed by atoms with Gasteiger partial charge in [-0.3, -0.25) is 9.59 Å². The van der Waals surface area contributed by atoms with E-state index in [9.17, 15) is 19.1 Å². The maximum Gasteiger partial charge on any atom is 0.295 e. The summed E-state index contributed by atoms with van der Waals surface area (Å²) < 4.78 is 21.1. The van der Waals surface area contributed by atoms with Crippen LogP contribution < -0.4 is 4.74 Å². The molecule has 0 spiro atoms. The minimum atomic E-state index is -0.831. The molecule has 0 bridgehead atoms. The van der Waals surface area contributed by atoms with Gasteiger partial charge >= 0.3 is 0 Å². The monoisotopic (exact) mass is 498 g/mol. The van der Waals surface area contributed by atoms with Crippen LogP contribution in [0.15, 0.2) is 78.5 Å². The number of benzene rings is 3. The van der Waals surface area contributed by atoms with Crippen molar-refractivity contribution in [3.63, 3.8) is 0 Å². The van der Waals surface area contributed by atoms with Gasteiger partial charge in [0.1, 0.15) is 17.3 Å². The first-order valence-electron chi connectivity index (χ1n) is 12.1. The summed E-state index contributed by atoms with van der Waals surface area (Å²) in [6.45, 7) is 4.33. The zero-order valence-corrected chi connectivity index (χ0v) is 20.9. The van der Waals surface area contributed by atoms with Gasteiger partial charge in [0.2, 0.25) is 0 Å². The van der Waals surface area contributed by atoms with Crippen LogP contribution in [-0.2, 0) is 23.2 Å². The van der Waals surface area contributed by atoms with Crippen molar-refractivity contribution in [2.45, 2.75) is 26.4 Å². The molecule has 2 heterocycles. The predicted molar refractivity (Wildman–Crippen MR) is 140 cm³/mol. The number of aromatic nitrogens is 1. The lowest BCUT2D eigenvalue weighted by atomic mass is 9.94. The number of carbonyl (C=O) groups excluding carboxylic acids is 2. The molecule has 1 fully saturated rings. The molecule has 1 saturated heterocycles. The fourth-order valence-electron chi connectivity index (χ4n) is 5.01. The summed E-state index contributed by atoms with van der Waals surface area (Å²) in [6.07, 6.45) is 1.88. The first kappa shape index (κ1) is 24.3. The molecule has 1 aliphatic rings. The van der Waals surface area contributed by atoms with Crippen molar-refractivity contribution in [2.75, 3.05) is 6.61 Å². The summed E-state index contributed by atoms with van der Waals surface area (Å²) in [4.78, 5) is 28.3. The van der Waals surface area contributed by atoms with E-state index < -0.39 is 17.7 Å². The molecule has 1 aromatic heterocycles. The van der Waals surface area contributed by atoms with Gasteiger partial charge < -0.3 is 19.3 Å². The largest absolute Gasteiger partial charge is 0.507 e. The van der Waals surface area contributed by atoms with Crippen LogP contribution in [0.25, 0.3) is 16.7 Å². The van der Waals surface area contributed by atoms with E-state index in [1.165, 1.54) is 17.0 Å². The number of para-hydroxylation sites is 1. The highest BCUT2D eigenvalue weighted by Crippen LogP contribution is 2.43. The van der Waals surface area contributed by atoms with E-state index in [0.29, 0.717) is 23.5 Å². The van der Waals surface area contributed by atoms with Crippen LogP contribution in [0.4, 0.5) is 4.39 Å². The van der Waals surface area contributed by atoms with E-state index in [1.807, 2.05) is 55.9 Å². The number of halogens is 1. The summed E-state index contributed by atoms with van der Waals surface area (Å²) in [5.41, 5.74) is 3.57. The second-order valence-corrected chi connectivity index (χ2v) is 9.18. The van der Waals surface area contributed by atoms with Crippen LogP contribution in [0.5, 0.6) is 5.75 Å². The molecule has 1 amide bonds. The number of ether oxygens (including phenoxy) is 1. The molecule has 3 aromatic carbocycles. The molecular weight excluding hydrogens is 471 g/mol. The van der Waals surface area contributed by atoms with Crippen LogP contribution in [-0.4, -0.2) is 32.9 Å². The van der Waals surface area contributed by atoms with Crippen molar-refractivity contribution in [2.24, 2.45) is 7.05 Å². The van der Waals surface area contributed by atoms with Crippen molar-refractivity contribution < 1.29 is 23.8 Å². The maximum absolute atomic E-state index is 13.5. The number of aryl methyl sites for hydroxylation is 2. The Hall–Kier alpha value is -4.39. The Morgan fingerprint density at radius 2 is 1.78 bits per heavy atom. The molecule has 1 N–H and O–H groups in total. The number of amides is 1. The van der Waals surface area contributed by atoms with Gasteiger partial charge in [0.25, 0.3) is 11.7 Å². The number of hydrogen-bond donors (Lipinski definition) is 1. The Labute approximate surface area is 214 Å². The number of hydrogen-bond acceptors (Lipinski definition) is 4. The van der Waals surface area contributed by atoms with Gasteiger partial charge in [-0.1, -0.05) is 30.3 Å². The fraction of sp³-hybridized carbons (Fsp3) is 0.200. The minimum Gasteiger partial charge on any atom is -0.507 e. The lowest BCUT2D eigenvalue weighted by Gasteiger charge is -2.25. The number of ketones is 1. The number of rotatable bonds is 6. The Bertz CT molecular complexity index is 1550. The Morgan fingerprint density at radius 3 is 2.49 bits per heavy atom. The highest BCUT2D eigenvalue weighted by molar-refractivity contribution is 6.46. The zero-order chi connectivity index (χ0) is 26.3. The second kappa shape index (κ2) is 9.58. The molecule has 6 nitrogen and oxygen atoms in total. The van der Waals surface area contributed by atoms with Crippen molar-refractivity contribution in [1.29, 1.82) is 0 Å². The summed E-state index contributed by atoms with van der Waals surface area (Å²) >= 11 is 0. The summed E-state index contributed by atoms with van der Waals surface area (Å²) in [6, 6.07) is 17.9. The van der Waals surface area contributed by atoms with E-state index in [4.69, 9.17) is 4.74 Å².